The number of carbonyl (C=O) groups excluding carboxylic acids is 3. The summed E-state index contributed by atoms with van der Waals surface area (Å²) in [7, 11) is 1.55. The zero-order chi connectivity index (χ0) is 27.4. The first kappa shape index (κ1) is 24.1. The number of Topliss-reactive ketones (excluding diaryl/α,β-unsaturated/α-hetero) is 2. The number of amides is 1. The Morgan fingerprint density at radius 3 is 2.38 bits per heavy atom. The molecule has 4 aromatic carbocycles. The van der Waals surface area contributed by atoms with Crippen LogP contribution in [0.25, 0.3) is 6.08 Å². The highest BCUT2D eigenvalue weighted by Crippen LogP contribution is 2.58. The molecule has 4 aromatic rings. The Morgan fingerprint density at radius 2 is 1.55 bits per heavy atom. The van der Waals surface area contributed by atoms with Crippen molar-refractivity contribution in [3.8, 4) is 5.75 Å². The van der Waals surface area contributed by atoms with E-state index in [9.17, 15) is 14.4 Å². The second-order valence-electron chi connectivity index (χ2n) is 10.4. The maximum Gasteiger partial charge on any atom is 0.238 e. The van der Waals surface area contributed by atoms with E-state index in [0.29, 0.717) is 22.6 Å². The largest absolute Gasteiger partial charge is 0.497 e. The Balaban J connectivity index is 1.54. The summed E-state index contributed by atoms with van der Waals surface area (Å²) in [6, 6.07) is 29.8. The van der Waals surface area contributed by atoms with Gasteiger partial charge in [0.1, 0.15) is 17.2 Å². The number of hydrogen-bond acceptors (Lipinski definition) is 5. The number of benzene rings is 4. The number of anilines is 2. The molecule has 1 spiro atoms. The molecule has 1 amide bonds. The minimum Gasteiger partial charge on any atom is -0.497 e. The van der Waals surface area contributed by atoms with Gasteiger partial charge in [-0.25, -0.2) is 0 Å². The summed E-state index contributed by atoms with van der Waals surface area (Å²) in [5.74, 6) is -1.25. The Hall–Kier alpha value is -4.97. The van der Waals surface area contributed by atoms with Crippen LogP contribution in [0.4, 0.5) is 11.4 Å². The third-order valence-electron chi connectivity index (χ3n) is 8.51. The second-order valence-corrected chi connectivity index (χ2v) is 10.4. The Labute approximate surface area is 231 Å². The van der Waals surface area contributed by atoms with E-state index < -0.39 is 23.4 Å². The number of carbonyl (C=O) groups is 3. The predicted molar refractivity (Wildman–Crippen MR) is 154 cm³/mol. The highest BCUT2D eigenvalue weighted by atomic mass is 16.5. The van der Waals surface area contributed by atoms with E-state index in [0.717, 1.165) is 16.8 Å². The lowest BCUT2D eigenvalue weighted by Gasteiger charge is -2.37. The molecule has 0 aliphatic carbocycles. The Morgan fingerprint density at radius 1 is 0.825 bits per heavy atom. The minimum absolute atomic E-state index is 0.203. The van der Waals surface area contributed by atoms with Crippen molar-refractivity contribution >= 4 is 34.9 Å². The molecule has 0 saturated carbocycles. The van der Waals surface area contributed by atoms with E-state index in [4.69, 9.17) is 4.74 Å². The fraction of sp³-hybridized carbons (Fsp3) is 0.147. The molecule has 1 fully saturated rings. The molecule has 3 aliphatic heterocycles. The maximum absolute atomic E-state index is 14.8. The number of methoxy groups -OCH3 is 1. The molecule has 40 heavy (non-hydrogen) atoms. The van der Waals surface area contributed by atoms with Crippen LogP contribution >= 0.6 is 0 Å². The maximum atomic E-state index is 14.8. The molecule has 6 nitrogen and oxygen atoms in total. The molecule has 196 valence electrons. The van der Waals surface area contributed by atoms with Crippen molar-refractivity contribution in [2.75, 3.05) is 17.3 Å². The van der Waals surface area contributed by atoms with Crippen molar-refractivity contribution in [3.05, 3.63) is 131 Å². The zero-order valence-electron chi connectivity index (χ0n) is 21.8. The van der Waals surface area contributed by atoms with Crippen molar-refractivity contribution in [2.45, 2.75) is 17.5 Å². The summed E-state index contributed by atoms with van der Waals surface area (Å²) in [4.78, 5) is 45.7. The van der Waals surface area contributed by atoms with Crippen LogP contribution in [0.1, 0.15) is 31.8 Å². The van der Waals surface area contributed by atoms with Crippen molar-refractivity contribution in [1.82, 2.24) is 0 Å². The first-order chi connectivity index (χ1) is 19.6. The number of ketones is 2. The first-order valence-electron chi connectivity index (χ1n) is 13.3. The van der Waals surface area contributed by atoms with Crippen molar-refractivity contribution < 1.29 is 19.1 Å². The summed E-state index contributed by atoms with van der Waals surface area (Å²) >= 11 is 0. The number of nitrogens with one attached hydrogen (secondary N) is 1. The summed E-state index contributed by atoms with van der Waals surface area (Å²) in [6.07, 6.45) is 3.98. The van der Waals surface area contributed by atoms with Gasteiger partial charge in [-0.15, -0.1) is 0 Å². The number of nitrogens with zero attached hydrogens (tertiary/aromatic N) is 1. The minimum atomic E-state index is -1.34. The van der Waals surface area contributed by atoms with Crippen LogP contribution in [0.5, 0.6) is 5.75 Å². The fourth-order valence-electron chi connectivity index (χ4n) is 6.85. The number of para-hydroxylation sites is 2. The van der Waals surface area contributed by atoms with E-state index >= 15 is 0 Å². The molecule has 1 saturated heterocycles. The van der Waals surface area contributed by atoms with Gasteiger partial charge in [0.2, 0.25) is 5.91 Å². The van der Waals surface area contributed by atoms with Gasteiger partial charge < -0.3 is 15.0 Å². The summed E-state index contributed by atoms with van der Waals surface area (Å²) in [6.45, 7) is 0. The normalized spacial score (nSPS) is 23.8. The van der Waals surface area contributed by atoms with Crippen molar-refractivity contribution in [2.24, 2.45) is 5.92 Å². The SMILES string of the molecule is COc1cccc(C(=O)[C@@H]2[C@@H](C(=O)c3ccccc3)N3c4ccccc4C=C[C@@H]3[C@@]23C(=O)Nc2ccccc23)c1. The average molecular weight is 527 g/mol. The molecule has 4 atom stereocenters. The van der Waals surface area contributed by atoms with E-state index in [1.54, 1.807) is 43.5 Å². The molecule has 3 heterocycles. The van der Waals surface area contributed by atoms with Crippen LogP contribution < -0.4 is 15.0 Å². The molecule has 0 radical (unpaired) electrons. The highest BCUT2D eigenvalue weighted by molar-refractivity contribution is 6.18. The van der Waals surface area contributed by atoms with Gasteiger partial charge in [-0.2, -0.15) is 0 Å². The van der Waals surface area contributed by atoms with Gasteiger partial charge in [0.05, 0.1) is 19.1 Å². The molecular formula is C34H26N2O4. The van der Waals surface area contributed by atoms with E-state index in [1.165, 1.54) is 0 Å². The van der Waals surface area contributed by atoms with E-state index in [1.807, 2.05) is 83.8 Å². The molecular weight excluding hydrogens is 500 g/mol. The van der Waals surface area contributed by atoms with Crippen LogP contribution in [0.3, 0.4) is 0 Å². The van der Waals surface area contributed by atoms with Gasteiger partial charge in [-0.3, -0.25) is 14.4 Å². The fourth-order valence-corrected chi connectivity index (χ4v) is 6.85. The molecule has 3 aliphatic rings. The van der Waals surface area contributed by atoms with Crippen LogP contribution in [0, 0.1) is 5.92 Å². The summed E-state index contributed by atoms with van der Waals surface area (Å²) in [5.41, 5.74) is 2.69. The van der Waals surface area contributed by atoms with Gasteiger partial charge in [0, 0.05) is 22.5 Å². The predicted octanol–water partition coefficient (Wildman–Crippen LogP) is 5.55. The van der Waals surface area contributed by atoms with Crippen LogP contribution in [0.2, 0.25) is 0 Å². The topological polar surface area (TPSA) is 75.7 Å². The molecule has 1 N–H and O–H groups in total. The quantitative estimate of drug-likeness (QED) is 0.345. The van der Waals surface area contributed by atoms with Gasteiger partial charge in [-0.05, 0) is 35.4 Å². The van der Waals surface area contributed by atoms with E-state index in [-0.39, 0.29) is 17.5 Å². The van der Waals surface area contributed by atoms with Crippen LogP contribution in [0.15, 0.2) is 109 Å². The molecule has 0 unspecified atom stereocenters. The first-order valence-corrected chi connectivity index (χ1v) is 13.3. The molecule has 0 bridgehead atoms. The highest BCUT2D eigenvalue weighted by Gasteiger charge is 2.70. The Bertz CT molecular complexity index is 1710. The zero-order valence-corrected chi connectivity index (χ0v) is 21.8. The number of hydrogen-bond donors (Lipinski definition) is 1. The van der Waals surface area contributed by atoms with Crippen LogP contribution in [-0.4, -0.2) is 36.7 Å². The van der Waals surface area contributed by atoms with E-state index in [2.05, 4.69) is 5.32 Å². The lowest BCUT2D eigenvalue weighted by molar-refractivity contribution is -0.121. The lowest BCUT2D eigenvalue weighted by atomic mass is 9.64. The van der Waals surface area contributed by atoms with Gasteiger partial charge in [0.15, 0.2) is 11.6 Å². The van der Waals surface area contributed by atoms with Crippen molar-refractivity contribution in [3.63, 3.8) is 0 Å². The lowest BCUT2D eigenvalue weighted by Crippen LogP contribution is -2.51. The monoisotopic (exact) mass is 526 g/mol. The van der Waals surface area contributed by atoms with Crippen LogP contribution in [-0.2, 0) is 10.2 Å². The number of rotatable bonds is 5. The molecule has 0 aromatic heterocycles. The molecule has 6 heteroatoms. The smallest absolute Gasteiger partial charge is 0.238 e. The van der Waals surface area contributed by atoms with Crippen molar-refractivity contribution in [1.29, 1.82) is 0 Å². The summed E-state index contributed by atoms with van der Waals surface area (Å²) in [5, 5.41) is 3.06. The third kappa shape index (κ3) is 3.26. The summed E-state index contributed by atoms with van der Waals surface area (Å²) < 4.78 is 5.43. The number of ether oxygens (including phenoxy) is 1. The standard InChI is InChI=1S/C34H26N2O4/c1-40-24-14-9-13-23(20-24)31(37)29-30(32(38)22-11-3-2-4-12-22)36-27-17-8-5-10-21(27)18-19-28(36)34(29)25-15-6-7-16-26(25)35-33(34)39/h2-20,28-30H,1H3,(H,35,39)/t28-,29+,30+,34-/m1/s1. The van der Waals surface area contributed by atoms with Gasteiger partial charge in [0.25, 0.3) is 0 Å². The van der Waals surface area contributed by atoms with Gasteiger partial charge >= 0.3 is 0 Å². The molecule has 7 rings (SSSR count). The third-order valence-corrected chi connectivity index (χ3v) is 8.51. The average Bonchev–Trinajstić information content (AvgIpc) is 3.49. The Kier molecular flexibility index (Phi) is 5.46. The van der Waals surface area contributed by atoms with Gasteiger partial charge in [-0.1, -0.05) is 91.0 Å². The second kappa shape index (κ2) is 9.06. The number of fused-ring (bicyclic) bond motifs is 6.